The summed E-state index contributed by atoms with van der Waals surface area (Å²) in [6.07, 6.45) is 5.39. The van der Waals surface area contributed by atoms with Crippen LogP contribution in [0, 0.1) is 0 Å². The molecule has 0 amide bonds. The number of thiol groups is 1. The molecule has 0 bridgehead atoms. The van der Waals surface area contributed by atoms with Gasteiger partial charge in [-0.25, -0.2) is 9.78 Å². The number of hydrogen-bond acceptors (Lipinski definition) is 5. The molecule has 1 heterocycles. The minimum absolute atomic E-state index is 0.364. The second-order valence-corrected chi connectivity index (χ2v) is 6.66. The first-order valence-electron chi connectivity index (χ1n) is 8.08. The van der Waals surface area contributed by atoms with E-state index in [4.69, 9.17) is 22.1 Å². The first-order chi connectivity index (χ1) is 12.6. The summed E-state index contributed by atoms with van der Waals surface area (Å²) in [5.74, 6) is 0.398. The Morgan fingerprint density at radius 3 is 2.54 bits per heavy atom. The van der Waals surface area contributed by atoms with Crippen LogP contribution in [0.3, 0.4) is 0 Å². The molecular weight excluding hydrogens is 348 g/mol. The van der Waals surface area contributed by atoms with Crippen LogP contribution >= 0.6 is 12.6 Å². The fourth-order valence-electron chi connectivity index (χ4n) is 2.87. The molecule has 2 aromatic carbocycles. The lowest BCUT2D eigenvalue weighted by Crippen LogP contribution is -2.27. The van der Waals surface area contributed by atoms with Crippen LogP contribution in [0.1, 0.15) is 21.5 Å². The topological polar surface area (TPSA) is 53.4 Å². The minimum atomic E-state index is -0.635. The van der Waals surface area contributed by atoms with E-state index in [1.54, 1.807) is 31.8 Å². The quantitative estimate of drug-likeness (QED) is 0.534. The zero-order chi connectivity index (χ0) is 18.6. The van der Waals surface area contributed by atoms with Gasteiger partial charge in [-0.1, -0.05) is 24.3 Å². The normalized spacial score (nSPS) is 13.0. The summed E-state index contributed by atoms with van der Waals surface area (Å²) in [6.45, 7) is 0.570. The summed E-state index contributed by atoms with van der Waals surface area (Å²) in [6, 6.07) is 15.1. The lowest BCUT2D eigenvalue weighted by Gasteiger charge is -2.30. The third-order valence-electron chi connectivity index (χ3n) is 4.30. The van der Waals surface area contributed by atoms with Gasteiger partial charge in [0.1, 0.15) is 5.75 Å². The van der Waals surface area contributed by atoms with Crippen LogP contribution in [0.5, 0.6) is 5.75 Å². The number of carbonyl (C=O) groups is 1. The van der Waals surface area contributed by atoms with Crippen LogP contribution in [-0.4, -0.2) is 29.7 Å². The van der Waals surface area contributed by atoms with Gasteiger partial charge < -0.3 is 14.0 Å². The van der Waals surface area contributed by atoms with Gasteiger partial charge in [0, 0.05) is 18.9 Å². The van der Waals surface area contributed by atoms with E-state index in [9.17, 15) is 4.79 Å². The number of benzene rings is 2. The summed E-state index contributed by atoms with van der Waals surface area (Å²) >= 11 is 5.06. The van der Waals surface area contributed by atoms with Crippen LogP contribution in [0.25, 0.3) is 0 Å². The van der Waals surface area contributed by atoms with Crippen LogP contribution in [-0.2, 0) is 16.0 Å². The summed E-state index contributed by atoms with van der Waals surface area (Å²) in [4.78, 5) is 15.8. The predicted molar refractivity (Wildman–Crippen MR) is 103 cm³/mol. The minimum Gasteiger partial charge on any atom is -0.497 e. The number of carbonyl (C=O) groups excluding carboxylic acids is 1. The van der Waals surface area contributed by atoms with E-state index in [1.807, 2.05) is 47.2 Å². The Hall–Kier alpha value is -2.73. The molecule has 0 radical (unpaired) electrons. The van der Waals surface area contributed by atoms with Gasteiger partial charge in [-0.2, -0.15) is 12.6 Å². The second-order valence-electron chi connectivity index (χ2n) is 5.90. The molecule has 5 nitrogen and oxygen atoms in total. The van der Waals surface area contributed by atoms with Gasteiger partial charge >= 0.3 is 5.97 Å². The third kappa shape index (κ3) is 3.60. The number of hydrogen-bond donors (Lipinski definition) is 1. The van der Waals surface area contributed by atoms with Crippen LogP contribution in [0.15, 0.2) is 67.3 Å². The van der Waals surface area contributed by atoms with Crippen molar-refractivity contribution in [3.63, 3.8) is 0 Å². The first kappa shape index (κ1) is 18.1. The maximum atomic E-state index is 11.7. The van der Waals surface area contributed by atoms with E-state index in [-0.39, 0.29) is 5.97 Å². The number of esters is 1. The molecule has 0 fully saturated rings. The molecule has 26 heavy (non-hydrogen) atoms. The van der Waals surface area contributed by atoms with Crippen LogP contribution in [0.4, 0.5) is 0 Å². The van der Waals surface area contributed by atoms with E-state index in [0.29, 0.717) is 12.1 Å². The average Bonchev–Trinajstić information content (AvgIpc) is 3.20. The summed E-state index contributed by atoms with van der Waals surface area (Å²) < 4.78 is 11.5. The zero-order valence-corrected chi connectivity index (χ0v) is 15.5. The molecule has 0 aliphatic rings. The number of nitrogens with zero attached hydrogens (tertiary/aromatic N) is 2. The van der Waals surface area contributed by atoms with Gasteiger partial charge in [-0.05, 0) is 35.4 Å². The summed E-state index contributed by atoms with van der Waals surface area (Å²) in [5, 5.41) is 0. The van der Waals surface area contributed by atoms with Crippen LogP contribution < -0.4 is 4.74 Å². The fraction of sp³-hybridized carbons (Fsp3) is 0.200. The van der Waals surface area contributed by atoms with Crippen LogP contribution in [0.2, 0.25) is 0 Å². The van der Waals surface area contributed by atoms with Crippen molar-refractivity contribution in [1.29, 1.82) is 0 Å². The van der Waals surface area contributed by atoms with Gasteiger partial charge in [-0.3, -0.25) is 0 Å². The smallest absolute Gasteiger partial charge is 0.337 e. The molecule has 1 aromatic heterocycles. The standard InChI is InChI=1S/C20H20N2O3S/c1-24-18-5-3-4-17(12-18)20(26,13-22-11-10-21-14-22)16-8-6-15(7-9-16)19(23)25-2/h3-12,14,26H,13H2,1-2H3. The van der Waals surface area contributed by atoms with Crippen molar-refractivity contribution < 1.29 is 14.3 Å². The number of methoxy groups -OCH3 is 2. The lowest BCUT2D eigenvalue weighted by atomic mass is 9.89. The molecule has 0 saturated carbocycles. The van der Waals surface area contributed by atoms with Gasteiger partial charge in [0.25, 0.3) is 0 Å². The van der Waals surface area contributed by atoms with Gasteiger partial charge in [0.05, 0.1) is 30.9 Å². The van der Waals surface area contributed by atoms with Gasteiger partial charge in [0.15, 0.2) is 0 Å². The Morgan fingerprint density at radius 2 is 1.92 bits per heavy atom. The maximum Gasteiger partial charge on any atom is 0.337 e. The van der Waals surface area contributed by atoms with E-state index in [0.717, 1.165) is 16.9 Å². The van der Waals surface area contributed by atoms with Crippen molar-refractivity contribution in [2.45, 2.75) is 11.3 Å². The number of imidazole rings is 1. The van der Waals surface area contributed by atoms with E-state index < -0.39 is 4.75 Å². The first-order valence-corrected chi connectivity index (χ1v) is 8.53. The van der Waals surface area contributed by atoms with Crippen molar-refractivity contribution in [2.24, 2.45) is 0 Å². The van der Waals surface area contributed by atoms with Crippen molar-refractivity contribution >= 4 is 18.6 Å². The summed E-state index contributed by atoms with van der Waals surface area (Å²) in [7, 11) is 3.01. The Morgan fingerprint density at radius 1 is 1.15 bits per heavy atom. The Balaban J connectivity index is 2.06. The highest BCUT2D eigenvalue weighted by Gasteiger charge is 2.31. The van der Waals surface area contributed by atoms with Gasteiger partial charge in [-0.15, -0.1) is 0 Å². The highest BCUT2D eigenvalue weighted by Crippen LogP contribution is 2.39. The van der Waals surface area contributed by atoms with E-state index in [1.165, 1.54) is 7.11 Å². The molecule has 1 atom stereocenters. The second kappa shape index (κ2) is 7.66. The number of ether oxygens (including phenoxy) is 2. The van der Waals surface area contributed by atoms with Gasteiger partial charge in [0.2, 0.25) is 0 Å². The van der Waals surface area contributed by atoms with E-state index >= 15 is 0 Å². The molecule has 3 aromatic rings. The monoisotopic (exact) mass is 368 g/mol. The summed E-state index contributed by atoms with van der Waals surface area (Å²) in [5.41, 5.74) is 2.44. The fourth-order valence-corrected chi connectivity index (χ4v) is 3.33. The van der Waals surface area contributed by atoms with Crippen molar-refractivity contribution in [3.05, 3.63) is 83.9 Å². The molecule has 0 saturated heterocycles. The zero-order valence-electron chi connectivity index (χ0n) is 14.6. The maximum absolute atomic E-state index is 11.7. The molecular formula is C20H20N2O3S. The third-order valence-corrected chi connectivity index (χ3v) is 4.96. The van der Waals surface area contributed by atoms with Crippen molar-refractivity contribution in [2.75, 3.05) is 14.2 Å². The molecule has 3 rings (SSSR count). The molecule has 134 valence electrons. The molecule has 0 aliphatic carbocycles. The highest BCUT2D eigenvalue weighted by atomic mass is 32.1. The Kier molecular flexibility index (Phi) is 5.32. The Bertz CT molecular complexity index is 878. The molecule has 0 spiro atoms. The molecule has 0 aliphatic heterocycles. The number of aromatic nitrogens is 2. The van der Waals surface area contributed by atoms with Crippen molar-refractivity contribution in [1.82, 2.24) is 9.55 Å². The molecule has 0 N–H and O–H groups in total. The largest absolute Gasteiger partial charge is 0.497 e. The average molecular weight is 368 g/mol. The highest BCUT2D eigenvalue weighted by molar-refractivity contribution is 7.81. The number of rotatable bonds is 6. The molecule has 1 unspecified atom stereocenters. The predicted octanol–water partition coefficient (Wildman–Crippen LogP) is 3.55. The Labute approximate surface area is 158 Å². The lowest BCUT2D eigenvalue weighted by molar-refractivity contribution is 0.0600. The SMILES string of the molecule is COC(=O)c1ccc(C(S)(Cn2ccnc2)c2cccc(OC)c2)cc1. The molecule has 6 heteroatoms. The van der Waals surface area contributed by atoms with E-state index in [2.05, 4.69) is 4.98 Å². The van der Waals surface area contributed by atoms with Crippen molar-refractivity contribution in [3.8, 4) is 5.75 Å².